The van der Waals surface area contributed by atoms with Crippen molar-refractivity contribution >= 4 is 38.9 Å². The van der Waals surface area contributed by atoms with Gasteiger partial charge in [-0.25, -0.2) is 4.98 Å². The average molecular weight is 980 g/mol. The zero-order chi connectivity index (χ0) is 41.5. The fraction of sp³-hybridized carbons (Fsp3) is 0.0727. The Bertz CT molecular complexity index is 3190. The summed E-state index contributed by atoms with van der Waals surface area (Å²) < 4.78 is 4.30. The smallest absolute Gasteiger partial charge is 0.352 e. The van der Waals surface area contributed by atoms with E-state index in [1.165, 1.54) is 5.56 Å². The Balaban J connectivity index is 0.00000490. The molecule has 62 heavy (non-hydrogen) atoms. The number of para-hydroxylation sites is 2. The van der Waals surface area contributed by atoms with Crippen molar-refractivity contribution in [2.45, 2.75) is 26.2 Å². The number of nitriles is 1. The van der Waals surface area contributed by atoms with Gasteiger partial charge in [0.2, 0.25) is 0 Å². The maximum Gasteiger partial charge on any atom is 2.00 e. The molecule has 0 unspecified atom stereocenters. The zero-order valence-corrected chi connectivity index (χ0v) is 36.7. The third kappa shape index (κ3) is 7.42. The summed E-state index contributed by atoms with van der Waals surface area (Å²) in [5, 5.41) is 11.8. The molecule has 0 radical (unpaired) electrons. The number of fused-ring (bicyclic) bond motifs is 3. The second-order valence-electron chi connectivity index (χ2n) is 16.2. The molecule has 3 aromatic heterocycles. The van der Waals surface area contributed by atoms with E-state index in [2.05, 4.69) is 181 Å². The third-order valence-corrected chi connectivity index (χ3v) is 11.2. The number of hydrogen-bond donors (Lipinski definition) is 0. The van der Waals surface area contributed by atoms with Gasteiger partial charge >= 0.3 is 21.1 Å². The van der Waals surface area contributed by atoms with E-state index in [-0.39, 0.29) is 26.5 Å². The Morgan fingerprint density at radius 3 is 1.97 bits per heavy atom. The molecule has 300 valence electrons. The molecule has 0 saturated carbocycles. The fourth-order valence-electron chi connectivity index (χ4n) is 8.21. The van der Waals surface area contributed by atoms with Crippen molar-refractivity contribution in [3.05, 3.63) is 212 Å². The van der Waals surface area contributed by atoms with Crippen LogP contribution in [0, 0.1) is 23.5 Å². The predicted molar refractivity (Wildman–Crippen MR) is 248 cm³/mol. The van der Waals surface area contributed by atoms with Gasteiger partial charge in [0.25, 0.3) is 0 Å². The molecule has 6 nitrogen and oxygen atoms in total. The van der Waals surface area contributed by atoms with Crippen molar-refractivity contribution in [2.24, 2.45) is 0 Å². The first-order chi connectivity index (χ1) is 29.8. The third-order valence-electron chi connectivity index (χ3n) is 11.2. The summed E-state index contributed by atoms with van der Waals surface area (Å²) >= 11 is 0. The minimum atomic E-state index is -0.0738. The Hall–Kier alpha value is -7.32. The molecular weight excluding hydrogens is 940 g/mol. The van der Waals surface area contributed by atoms with E-state index in [0.29, 0.717) is 5.56 Å². The molecule has 10 aromatic rings. The van der Waals surface area contributed by atoms with Gasteiger partial charge in [0.1, 0.15) is 5.82 Å². The molecule has 0 N–H and O–H groups in total. The zero-order valence-electron chi connectivity index (χ0n) is 34.4. The van der Waals surface area contributed by atoms with Crippen LogP contribution in [0.4, 0.5) is 17.1 Å². The maximum atomic E-state index is 9.88. The Morgan fingerprint density at radius 1 is 0.629 bits per heavy atom. The Labute approximate surface area is 376 Å². The van der Waals surface area contributed by atoms with Gasteiger partial charge in [-0.3, -0.25) is 4.98 Å². The number of imidazole rings is 1. The van der Waals surface area contributed by atoms with Crippen molar-refractivity contribution in [3.63, 3.8) is 0 Å². The number of benzene rings is 7. The number of hydrogen-bond acceptors (Lipinski definition) is 4. The molecule has 0 saturated heterocycles. The number of anilines is 3. The molecule has 0 aliphatic carbocycles. The average Bonchev–Trinajstić information content (AvgIpc) is 3.93. The van der Waals surface area contributed by atoms with Gasteiger partial charge in [-0.2, -0.15) is 11.3 Å². The molecule has 0 atom stereocenters. The molecule has 0 bridgehead atoms. The van der Waals surface area contributed by atoms with Gasteiger partial charge in [-0.05, 0) is 81.8 Å². The molecule has 7 heteroatoms. The van der Waals surface area contributed by atoms with Gasteiger partial charge in [0.15, 0.2) is 0 Å². The molecule has 0 fully saturated rings. The molecule has 0 aliphatic heterocycles. The first kappa shape index (κ1) is 40.1. The van der Waals surface area contributed by atoms with E-state index in [1.807, 2.05) is 61.1 Å². The minimum absolute atomic E-state index is 0. The summed E-state index contributed by atoms with van der Waals surface area (Å²) in [5.41, 5.74) is 13.4. The standard InChI is InChI=1S/C55H40N6.Pt/c1-55(2,3)42-29-30-57-53(33-42)61-51-28-25-38(35-56)31-49(51)48-27-26-45(34-52(48)61)60(43-20-11-6-12-21-43)44-22-13-19-41(32-44)50-36-59(37-58-50)54-46(39-15-7-4-8-16-39)23-14-24-47(54)40-17-9-5-10-18-40;/h4-31,33,36-37H,1-3H3;/q-2;+2. The molecule has 0 aliphatic rings. The number of aromatic nitrogens is 4. The predicted octanol–water partition coefficient (Wildman–Crippen LogP) is 13.6. The minimum Gasteiger partial charge on any atom is -0.352 e. The van der Waals surface area contributed by atoms with Gasteiger partial charge in [0, 0.05) is 34.2 Å². The fourth-order valence-corrected chi connectivity index (χ4v) is 8.21. The van der Waals surface area contributed by atoms with Crippen LogP contribution >= 0.6 is 0 Å². The van der Waals surface area contributed by atoms with Crippen molar-refractivity contribution in [1.29, 1.82) is 5.26 Å². The van der Waals surface area contributed by atoms with Gasteiger partial charge in [0.05, 0.1) is 23.6 Å². The van der Waals surface area contributed by atoms with Crippen molar-refractivity contribution in [2.75, 3.05) is 4.90 Å². The van der Waals surface area contributed by atoms with Crippen LogP contribution in [0.15, 0.2) is 189 Å². The van der Waals surface area contributed by atoms with Crippen LogP contribution < -0.4 is 4.90 Å². The molecule has 0 amide bonds. The van der Waals surface area contributed by atoms with Gasteiger partial charge in [-0.1, -0.05) is 129 Å². The second kappa shape index (κ2) is 16.6. The van der Waals surface area contributed by atoms with Crippen LogP contribution in [-0.4, -0.2) is 19.1 Å². The van der Waals surface area contributed by atoms with Gasteiger partial charge in [-0.15, -0.1) is 47.3 Å². The van der Waals surface area contributed by atoms with Crippen LogP contribution in [0.3, 0.4) is 0 Å². The van der Waals surface area contributed by atoms with Crippen LogP contribution in [0.1, 0.15) is 31.9 Å². The monoisotopic (exact) mass is 979 g/mol. The quantitative estimate of drug-likeness (QED) is 0.142. The summed E-state index contributed by atoms with van der Waals surface area (Å²) in [6.07, 6.45) is 5.88. The van der Waals surface area contributed by atoms with Crippen LogP contribution in [0.25, 0.3) is 66.8 Å². The summed E-state index contributed by atoms with van der Waals surface area (Å²) in [7, 11) is 0. The van der Waals surface area contributed by atoms with Crippen LogP contribution in [0.2, 0.25) is 0 Å². The summed E-state index contributed by atoms with van der Waals surface area (Å²) in [6.45, 7) is 6.62. The summed E-state index contributed by atoms with van der Waals surface area (Å²) in [6, 6.07) is 68.2. The Kier molecular flexibility index (Phi) is 10.7. The van der Waals surface area contributed by atoms with E-state index < -0.39 is 0 Å². The normalized spacial score (nSPS) is 11.3. The molecular formula is C55H40N6Pt. The van der Waals surface area contributed by atoms with E-state index >= 15 is 0 Å². The molecule has 3 heterocycles. The van der Waals surface area contributed by atoms with Gasteiger partial charge < -0.3 is 14.0 Å². The largest absolute Gasteiger partial charge is 2.00 e. The van der Waals surface area contributed by atoms with Crippen molar-refractivity contribution in [3.8, 4) is 51.1 Å². The van der Waals surface area contributed by atoms with Crippen molar-refractivity contribution in [1.82, 2.24) is 19.1 Å². The molecule has 7 aromatic carbocycles. The second-order valence-corrected chi connectivity index (χ2v) is 16.2. The van der Waals surface area contributed by atoms with E-state index in [0.717, 1.165) is 83.9 Å². The first-order valence-electron chi connectivity index (χ1n) is 20.4. The topological polar surface area (TPSA) is 62.7 Å². The maximum absolute atomic E-state index is 9.88. The first-order valence-corrected chi connectivity index (χ1v) is 20.4. The molecule has 10 rings (SSSR count). The van der Waals surface area contributed by atoms with Crippen molar-refractivity contribution < 1.29 is 21.1 Å². The Morgan fingerprint density at radius 2 is 1.29 bits per heavy atom. The SMILES string of the molecule is CC(C)(C)c1ccnc(-n2c3[c-]c(N(c4[c-]c(-c5cn(-c6c(-c7ccccc7)cccc6-c6ccccc6)cn5)ccc4)c4ccccc4)ccc3c3cc(C#N)ccc32)c1.[Pt+2]. The molecule has 0 spiro atoms. The van der Waals surface area contributed by atoms with Crippen LogP contribution in [-0.2, 0) is 26.5 Å². The van der Waals surface area contributed by atoms with E-state index in [1.54, 1.807) is 0 Å². The summed E-state index contributed by atoms with van der Waals surface area (Å²) in [5.74, 6) is 0.796. The number of pyridine rings is 1. The van der Waals surface area contributed by atoms with E-state index in [9.17, 15) is 5.26 Å². The van der Waals surface area contributed by atoms with E-state index in [4.69, 9.17) is 9.97 Å². The van der Waals surface area contributed by atoms with Crippen LogP contribution in [0.5, 0.6) is 0 Å². The number of nitrogens with zero attached hydrogens (tertiary/aromatic N) is 6. The number of rotatable bonds is 8. The summed E-state index contributed by atoms with van der Waals surface area (Å²) in [4.78, 5) is 12.1.